The number of hydrogen-bond acceptors (Lipinski definition) is 8. The number of aromatic nitrogens is 1. The Morgan fingerprint density at radius 3 is 2.32 bits per heavy atom. The summed E-state index contributed by atoms with van der Waals surface area (Å²) in [7, 11) is -3.06. The lowest BCUT2D eigenvalue weighted by Gasteiger charge is -2.26. The molecule has 0 bridgehead atoms. The first-order valence-electron chi connectivity index (χ1n) is 11.2. The second-order valence-corrected chi connectivity index (χ2v) is 12.6. The van der Waals surface area contributed by atoms with Crippen LogP contribution in [0.3, 0.4) is 0 Å². The van der Waals surface area contributed by atoms with Gasteiger partial charge < -0.3 is 16.2 Å². The molecule has 13 heteroatoms. The van der Waals surface area contributed by atoms with Gasteiger partial charge in [-0.3, -0.25) is 9.69 Å². The van der Waals surface area contributed by atoms with E-state index in [0.717, 1.165) is 23.5 Å². The highest BCUT2D eigenvalue weighted by Gasteiger charge is 2.25. The van der Waals surface area contributed by atoms with E-state index in [0.29, 0.717) is 13.1 Å². The smallest absolute Gasteiger partial charge is 0.251 e. The third kappa shape index (κ3) is 6.12. The SMILES string of the molecule is CC(C)(O)c1cc(F)c(-c2cc(C(N)=O)c(Nc3ccc(CN4CCS(=O)(=O)CC4)c(F)n3)s2)c(F)c1. The monoisotopic (exact) mass is 554 g/mol. The average Bonchev–Trinajstić information content (AvgIpc) is 3.19. The van der Waals surface area contributed by atoms with Crippen molar-refractivity contribution in [3.8, 4) is 10.4 Å². The highest BCUT2D eigenvalue weighted by atomic mass is 32.2. The summed E-state index contributed by atoms with van der Waals surface area (Å²) in [5, 5.41) is 13.0. The van der Waals surface area contributed by atoms with Gasteiger partial charge in [-0.25, -0.2) is 22.2 Å². The number of halogens is 3. The minimum absolute atomic E-state index is 0.0139. The Labute approximate surface area is 215 Å². The third-order valence-electron chi connectivity index (χ3n) is 5.99. The van der Waals surface area contributed by atoms with E-state index in [1.807, 2.05) is 4.90 Å². The molecular formula is C24H25F3N4O4S2. The molecule has 8 nitrogen and oxygen atoms in total. The van der Waals surface area contributed by atoms with Crippen molar-refractivity contribution in [2.24, 2.45) is 5.73 Å². The van der Waals surface area contributed by atoms with Gasteiger partial charge in [-0.05, 0) is 49.7 Å². The summed E-state index contributed by atoms with van der Waals surface area (Å²) >= 11 is 0.834. The van der Waals surface area contributed by atoms with Gasteiger partial charge in [-0.2, -0.15) is 4.39 Å². The summed E-state index contributed by atoms with van der Waals surface area (Å²) in [5.74, 6) is -3.44. The fraction of sp³-hybridized carbons (Fsp3) is 0.333. The molecule has 0 saturated carbocycles. The van der Waals surface area contributed by atoms with Gasteiger partial charge in [0.15, 0.2) is 9.84 Å². The van der Waals surface area contributed by atoms with Crippen LogP contribution < -0.4 is 11.1 Å². The zero-order valence-corrected chi connectivity index (χ0v) is 21.6. The van der Waals surface area contributed by atoms with E-state index in [1.54, 1.807) is 0 Å². The number of sulfone groups is 1. The molecule has 1 fully saturated rings. The van der Waals surface area contributed by atoms with Gasteiger partial charge in [-0.1, -0.05) is 0 Å². The number of aliphatic hydroxyl groups is 1. The Morgan fingerprint density at radius 1 is 1.16 bits per heavy atom. The molecule has 37 heavy (non-hydrogen) atoms. The number of nitrogens with one attached hydrogen (secondary N) is 1. The first kappa shape index (κ1) is 27.0. The normalized spacial score (nSPS) is 16.1. The summed E-state index contributed by atoms with van der Waals surface area (Å²) in [6.07, 6.45) is 0. The molecule has 3 heterocycles. The van der Waals surface area contributed by atoms with E-state index in [-0.39, 0.29) is 50.4 Å². The predicted molar refractivity (Wildman–Crippen MR) is 135 cm³/mol. The van der Waals surface area contributed by atoms with Crippen molar-refractivity contribution in [3.63, 3.8) is 0 Å². The van der Waals surface area contributed by atoms with E-state index >= 15 is 0 Å². The number of nitrogens with zero attached hydrogens (tertiary/aromatic N) is 2. The van der Waals surface area contributed by atoms with Crippen LogP contribution in [0.2, 0.25) is 0 Å². The number of carbonyl (C=O) groups is 1. The Hall–Kier alpha value is -3.00. The van der Waals surface area contributed by atoms with Gasteiger partial charge in [-0.15, -0.1) is 11.3 Å². The fourth-order valence-electron chi connectivity index (χ4n) is 3.87. The molecule has 2 aromatic heterocycles. The molecule has 198 valence electrons. The summed E-state index contributed by atoms with van der Waals surface area (Å²) in [4.78, 5) is 17.8. The first-order chi connectivity index (χ1) is 17.2. The molecule has 1 amide bonds. The zero-order valence-electron chi connectivity index (χ0n) is 20.0. The molecule has 1 aromatic carbocycles. The maximum absolute atomic E-state index is 14.8. The number of carbonyl (C=O) groups excluding carboxylic acids is 1. The standard InChI is InChI=1S/C24H25F3N4O4S2/c1-24(2,33)14-9-16(25)20(17(26)10-14)18-11-15(22(28)32)23(36-18)30-19-4-3-13(21(27)29-19)12-31-5-7-37(34,35)8-6-31/h3-4,9-11,33H,5-8,12H2,1-2H3,(H2,28,32)(H,29,30). The van der Waals surface area contributed by atoms with Crippen molar-refractivity contribution in [2.75, 3.05) is 29.9 Å². The van der Waals surface area contributed by atoms with Crippen LogP contribution in [0.5, 0.6) is 0 Å². The number of anilines is 2. The van der Waals surface area contributed by atoms with E-state index in [4.69, 9.17) is 5.73 Å². The van der Waals surface area contributed by atoms with Crippen LogP contribution in [0.1, 0.15) is 35.3 Å². The van der Waals surface area contributed by atoms with E-state index in [9.17, 15) is 31.5 Å². The molecule has 0 aliphatic carbocycles. The first-order valence-corrected chi connectivity index (χ1v) is 13.9. The molecule has 1 aliphatic heterocycles. The number of thiophene rings is 1. The predicted octanol–water partition coefficient (Wildman–Crippen LogP) is 3.53. The van der Waals surface area contributed by atoms with Crippen molar-refractivity contribution in [1.29, 1.82) is 0 Å². The van der Waals surface area contributed by atoms with Crippen molar-refractivity contribution in [3.05, 3.63) is 64.6 Å². The lowest BCUT2D eigenvalue weighted by atomic mass is 9.96. The van der Waals surface area contributed by atoms with Crippen LogP contribution in [-0.4, -0.2) is 53.9 Å². The van der Waals surface area contributed by atoms with Crippen molar-refractivity contribution < 1.29 is 31.5 Å². The maximum Gasteiger partial charge on any atom is 0.251 e. The van der Waals surface area contributed by atoms with Gasteiger partial charge in [0.25, 0.3) is 5.91 Å². The molecule has 0 spiro atoms. The van der Waals surface area contributed by atoms with Gasteiger partial charge in [0, 0.05) is 30.1 Å². The Morgan fingerprint density at radius 2 is 1.78 bits per heavy atom. The van der Waals surface area contributed by atoms with Crippen LogP contribution in [0.4, 0.5) is 24.0 Å². The lowest BCUT2D eigenvalue weighted by molar-refractivity contribution is 0.0778. The molecule has 0 unspecified atom stereocenters. The molecular weight excluding hydrogens is 529 g/mol. The van der Waals surface area contributed by atoms with E-state index in [2.05, 4.69) is 10.3 Å². The number of nitrogens with two attached hydrogens (primary N) is 1. The molecule has 4 rings (SSSR count). The number of hydrogen-bond donors (Lipinski definition) is 3. The molecule has 1 saturated heterocycles. The maximum atomic E-state index is 14.8. The van der Waals surface area contributed by atoms with Crippen molar-refractivity contribution in [2.45, 2.75) is 26.0 Å². The summed E-state index contributed by atoms with van der Waals surface area (Å²) in [5.41, 5.74) is 3.84. The van der Waals surface area contributed by atoms with Crippen LogP contribution in [0.15, 0.2) is 30.3 Å². The third-order valence-corrected chi connectivity index (χ3v) is 8.67. The quantitative estimate of drug-likeness (QED) is 0.382. The molecule has 1 aliphatic rings. The second-order valence-electron chi connectivity index (χ2n) is 9.29. The summed E-state index contributed by atoms with van der Waals surface area (Å²) < 4.78 is 67.6. The lowest BCUT2D eigenvalue weighted by Crippen LogP contribution is -2.39. The highest BCUT2D eigenvalue weighted by molar-refractivity contribution is 7.91. The molecule has 0 atom stereocenters. The number of rotatable bonds is 7. The Kier molecular flexibility index (Phi) is 7.34. The van der Waals surface area contributed by atoms with Crippen LogP contribution in [0, 0.1) is 17.6 Å². The molecule has 3 aromatic rings. The van der Waals surface area contributed by atoms with E-state index < -0.39 is 44.5 Å². The zero-order chi connectivity index (χ0) is 27.1. The second kappa shape index (κ2) is 10.0. The number of amides is 1. The molecule has 4 N–H and O–H groups in total. The minimum Gasteiger partial charge on any atom is -0.386 e. The molecule has 0 radical (unpaired) electrons. The fourth-order valence-corrected chi connectivity index (χ4v) is 6.26. The Balaban J connectivity index is 1.59. The average molecular weight is 555 g/mol. The van der Waals surface area contributed by atoms with Crippen LogP contribution in [0.25, 0.3) is 10.4 Å². The van der Waals surface area contributed by atoms with Gasteiger partial charge in [0.05, 0.1) is 28.2 Å². The number of benzene rings is 1. The van der Waals surface area contributed by atoms with Crippen LogP contribution >= 0.6 is 11.3 Å². The van der Waals surface area contributed by atoms with E-state index in [1.165, 1.54) is 32.0 Å². The van der Waals surface area contributed by atoms with Gasteiger partial charge in [0.2, 0.25) is 5.95 Å². The number of primary amides is 1. The van der Waals surface area contributed by atoms with Crippen molar-refractivity contribution >= 4 is 37.9 Å². The highest BCUT2D eigenvalue weighted by Crippen LogP contribution is 2.40. The number of pyridine rings is 1. The summed E-state index contributed by atoms with van der Waals surface area (Å²) in [6, 6.07) is 6.23. The topological polar surface area (TPSA) is 126 Å². The van der Waals surface area contributed by atoms with Gasteiger partial charge in [0.1, 0.15) is 22.5 Å². The Bertz CT molecular complexity index is 1430. The van der Waals surface area contributed by atoms with Crippen molar-refractivity contribution in [1.82, 2.24) is 9.88 Å². The minimum atomic E-state index is -3.06. The van der Waals surface area contributed by atoms with Gasteiger partial charge >= 0.3 is 0 Å². The summed E-state index contributed by atoms with van der Waals surface area (Å²) in [6.45, 7) is 3.57. The van der Waals surface area contributed by atoms with Crippen LogP contribution in [-0.2, 0) is 22.0 Å². The largest absolute Gasteiger partial charge is 0.386 e.